The molecular weight excluding hydrogens is 372 g/mol. The first-order valence-electron chi connectivity index (χ1n) is 10.8. The van der Waals surface area contributed by atoms with Crippen LogP contribution < -0.4 is 0 Å². The largest absolute Gasteiger partial charge is 0.298 e. The molecule has 3 aromatic rings. The molecule has 0 aliphatic carbocycles. The van der Waals surface area contributed by atoms with E-state index in [9.17, 15) is 14.4 Å². The number of rotatable bonds is 11. The topological polar surface area (TPSA) is 51.2 Å². The Hall–Kier alpha value is -3.07. The predicted octanol–water partition coefficient (Wildman–Crippen LogP) is 7.07. The van der Waals surface area contributed by atoms with Crippen LogP contribution in [0.15, 0.2) is 54.6 Å². The van der Waals surface area contributed by atoms with E-state index < -0.39 is 0 Å². The summed E-state index contributed by atoms with van der Waals surface area (Å²) in [6, 6.07) is 17.1. The van der Waals surface area contributed by atoms with Crippen molar-refractivity contribution in [2.45, 2.75) is 51.9 Å². The Morgan fingerprint density at radius 3 is 2.17 bits per heavy atom. The van der Waals surface area contributed by atoms with Gasteiger partial charge in [0.2, 0.25) is 0 Å². The summed E-state index contributed by atoms with van der Waals surface area (Å²) in [4.78, 5) is 35.0. The molecule has 3 aromatic carbocycles. The zero-order valence-corrected chi connectivity index (χ0v) is 17.5. The van der Waals surface area contributed by atoms with Gasteiger partial charge in [0.25, 0.3) is 0 Å². The van der Waals surface area contributed by atoms with E-state index >= 15 is 0 Å². The van der Waals surface area contributed by atoms with Gasteiger partial charge in [-0.05, 0) is 34.4 Å². The molecule has 0 N–H and O–H groups in total. The molecule has 3 nitrogen and oxygen atoms in total. The molecule has 3 heteroatoms. The highest BCUT2D eigenvalue weighted by atomic mass is 16.1. The first-order chi connectivity index (χ1) is 14.7. The van der Waals surface area contributed by atoms with E-state index in [2.05, 4.69) is 6.92 Å². The maximum Gasteiger partial charge on any atom is 0.162 e. The number of benzene rings is 3. The molecule has 0 radical (unpaired) electrons. The molecule has 0 saturated heterocycles. The summed E-state index contributed by atoms with van der Waals surface area (Å²) in [6.45, 7) is 2.21. The van der Waals surface area contributed by atoms with Gasteiger partial charge in [0.05, 0.1) is 0 Å². The third kappa shape index (κ3) is 5.10. The fourth-order valence-electron chi connectivity index (χ4n) is 3.84. The average molecular weight is 401 g/mol. The Labute approximate surface area is 178 Å². The lowest BCUT2D eigenvalue weighted by molar-refractivity contribution is 0.0978. The molecule has 0 spiro atoms. The van der Waals surface area contributed by atoms with Gasteiger partial charge in [-0.2, -0.15) is 0 Å². The highest BCUT2D eigenvalue weighted by molar-refractivity contribution is 6.05. The Kier molecular flexibility index (Phi) is 7.67. The third-order valence-corrected chi connectivity index (χ3v) is 5.64. The lowest BCUT2D eigenvalue weighted by Crippen LogP contribution is -1.98. The molecule has 0 saturated carbocycles. The molecule has 0 aliphatic heterocycles. The van der Waals surface area contributed by atoms with Crippen molar-refractivity contribution in [3.05, 3.63) is 71.3 Å². The average Bonchev–Trinajstić information content (AvgIpc) is 2.80. The maximum absolute atomic E-state index is 12.4. The predicted molar refractivity (Wildman–Crippen MR) is 122 cm³/mol. The van der Waals surface area contributed by atoms with E-state index in [-0.39, 0.29) is 5.78 Å². The highest BCUT2D eigenvalue weighted by Crippen LogP contribution is 2.28. The molecule has 3 rings (SSSR count). The normalized spacial score (nSPS) is 10.8. The van der Waals surface area contributed by atoms with E-state index in [4.69, 9.17) is 0 Å². The molecule has 0 aliphatic rings. The van der Waals surface area contributed by atoms with E-state index in [0.717, 1.165) is 46.6 Å². The minimum Gasteiger partial charge on any atom is -0.298 e. The van der Waals surface area contributed by atoms with Gasteiger partial charge in [0.15, 0.2) is 18.4 Å². The van der Waals surface area contributed by atoms with Gasteiger partial charge in [-0.1, -0.05) is 87.6 Å². The number of Topliss-reactive ketones (excluding diaryl/α,β-unsaturated/α-hetero) is 1. The fraction of sp³-hybridized carbons (Fsp3) is 0.296. The summed E-state index contributed by atoms with van der Waals surface area (Å²) in [5.74, 6) is 0.201. The number of carbonyl (C=O) groups excluding carboxylic acids is 3. The zero-order chi connectivity index (χ0) is 21.3. The van der Waals surface area contributed by atoms with E-state index in [0.29, 0.717) is 23.8 Å². The number of hydrogen-bond donors (Lipinski definition) is 0. The van der Waals surface area contributed by atoms with Gasteiger partial charge >= 0.3 is 0 Å². The van der Waals surface area contributed by atoms with Crippen molar-refractivity contribution in [3.8, 4) is 11.1 Å². The molecule has 30 heavy (non-hydrogen) atoms. The summed E-state index contributed by atoms with van der Waals surface area (Å²) in [6.07, 6.45) is 9.10. The monoisotopic (exact) mass is 400 g/mol. The number of unbranched alkanes of at least 4 members (excludes halogenated alkanes) is 5. The molecule has 0 atom stereocenters. The standard InChI is InChI=1S/C27H28O3/c1-2-3-4-5-6-7-8-27(30)21-11-9-20(10-12-21)22-15-16-25-23(17-22)13-14-24(18-28)26(25)19-29/h9-19H,2-8H2,1H3. The first-order valence-corrected chi connectivity index (χ1v) is 10.8. The molecule has 0 fully saturated rings. The second-order valence-electron chi connectivity index (χ2n) is 7.76. The molecule has 154 valence electrons. The smallest absolute Gasteiger partial charge is 0.162 e. The van der Waals surface area contributed by atoms with Crippen molar-refractivity contribution in [2.24, 2.45) is 0 Å². The van der Waals surface area contributed by atoms with Gasteiger partial charge in [0, 0.05) is 23.1 Å². The van der Waals surface area contributed by atoms with Crippen LogP contribution in [0.2, 0.25) is 0 Å². The second kappa shape index (κ2) is 10.6. The van der Waals surface area contributed by atoms with Crippen LogP contribution in [0.1, 0.15) is 82.9 Å². The van der Waals surface area contributed by atoms with E-state index in [1.807, 2.05) is 48.5 Å². The second-order valence-corrected chi connectivity index (χ2v) is 7.76. The van der Waals surface area contributed by atoms with Gasteiger partial charge in [-0.15, -0.1) is 0 Å². The van der Waals surface area contributed by atoms with Gasteiger partial charge in [-0.25, -0.2) is 0 Å². The number of hydrogen-bond acceptors (Lipinski definition) is 3. The Bertz CT molecular complexity index is 1030. The Morgan fingerprint density at radius 1 is 0.767 bits per heavy atom. The Morgan fingerprint density at radius 2 is 1.47 bits per heavy atom. The van der Waals surface area contributed by atoms with Crippen LogP contribution in [-0.4, -0.2) is 18.4 Å². The molecule has 0 heterocycles. The molecule has 0 unspecified atom stereocenters. The minimum atomic E-state index is 0.201. The first kappa shape index (κ1) is 21.6. The quantitative estimate of drug-likeness (QED) is 0.196. The summed E-state index contributed by atoms with van der Waals surface area (Å²) in [7, 11) is 0. The van der Waals surface area contributed by atoms with Crippen LogP contribution >= 0.6 is 0 Å². The number of aldehydes is 2. The number of carbonyl (C=O) groups is 3. The van der Waals surface area contributed by atoms with Crippen LogP contribution in [0.3, 0.4) is 0 Å². The zero-order valence-electron chi connectivity index (χ0n) is 17.5. The highest BCUT2D eigenvalue weighted by Gasteiger charge is 2.09. The lowest BCUT2D eigenvalue weighted by atomic mass is 9.95. The van der Waals surface area contributed by atoms with E-state index in [1.54, 1.807) is 6.07 Å². The van der Waals surface area contributed by atoms with Crippen molar-refractivity contribution in [1.29, 1.82) is 0 Å². The number of ketones is 1. The number of fused-ring (bicyclic) bond motifs is 1. The van der Waals surface area contributed by atoms with Crippen molar-refractivity contribution >= 4 is 29.1 Å². The minimum absolute atomic E-state index is 0.201. The summed E-state index contributed by atoms with van der Waals surface area (Å²) < 4.78 is 0. The van der Waals surface area contributed by atoms with Crippen LogP contribution in [0.5, 0.6) is 0 Å². The third-order valence-electron chi connectivity index (χ3n) is 5.64. The van der Waals surface area contributed by atoms with Gasteiger partial charge in [0.1, 0.15) is 0 Å². The van der Waals surface area contributed by atoms with Crippen molar-refractivity contribution in [1.82, 2.24) is 0 Å². The van der Waals surface area contributed by atoms with Crippen molar-refractivity contribution < 1.29 is 14.4 Å². The SMILES string of the molecule is CCCCCCCCC(=O)c1ccc(-c2ccc3c(C=O)c(C=O)ccc3c2)cc1. The fourth-order valence-corrected chi connectivity index (χ4v) is 3.84. The molecule has 0 amide bonds. The maximum atomic E-state index is 12.4. The molecular formula is C27H28O3. The lowest BCUT2D eigenvalue weighted by Gasteiger charge is -2.08. The van der Waals surface area contributed by atoms with Crippen molar-refractivity contribution in [2.75, 3.05) is 0 Å². The van der Waals surface area contributed by atoms with Crippen LogP contribution in [0, 0.1) is 0 Å². The van der Waals surface area contributed by atoms with Crippen LogP contribution in [0.4, 0.5) is 0 Å². The summed E-state index contributed by atoms with van der Waals surface area (Å²) in [5, 5.41) is 1.67. The van der Waals surface area contributed by atoms with Crippen LogP contribution in [0.25, 0.3) is 21.9 Å². The van der Waals surface area contributed by atoms with Gasteiger partial charge < -0.3 is 0 Å². The summed E-state index contributed by atoms with van der Waals surface area (Å²) in [5.41, 5.74) is 3.60. The van der Waals surface area contributed by atoms with Crippen LogP contribution in [-0.2, 0) is 0 Å². The molecule has 0 aromatic heterocycles. The summed E-state index contributed by atoms with van der Waals surface area (Å²) >= 11 is 0. The van der Waals surface area contributed by atoms with Crippen molar-refractivity contribution in [3.63, 3.8) is 0 Å². The molecule has 0 bridgehead atoms. The van der Waals surface area contributed by atoms with Gasteiger partial charge in [-0.3, -0.25) is 14.4 Å². The Balaban J connectivity index is 1.70. The van der Waals surface area contributed by atoms with E-state index in [1.165, 1.54) is 25.7 Å².